The Kier molecular flexibility index (Phi) is 5.62. The van der Waals surface area contributed by atoms with Gasteiger partial charge >= 0.3 is 5.97 Å². The molecule has 0 spiro atoms. The van der Waals surface area contributed by atoms with E-state index < -0.39 is 5.97 Å². The minimum absolute atomic E-state index is 0.0947. The number of carboxylic acid groups (broad SMARTS) is 1. The number of hydrogen-bond donors (Lipinski definition) is 1. The smallest absolute Gasteiger partial charge is 0.307 e. The number of rotatable bonds is 6. The lowest BCUT2D eigenvalue weighted by Gasteiger charge is -2.38. The number of fused-ring (bicyclic) bond motifs is 1. The van der Waals surface area contributed by atoms with Crippen LogP contribution < -0.4 is 4.74 Å². The first-order valence-corrected chi connectivity index (χ1v) is 9.17. The quantitative estimate of drug-likeness (QED) is 0.783. The second-order valence-electron chi connectivity index (χ2n) is 8.07. The molecule has 3 heteroatoms. The Morgan fingerprint density at radius 1 is 1.21 bits per heavy atom. The van der Waals surface area contributed by atoms with E-state index in [1.54, 1.807) is 0 Å². The SMILES string of the molecule is Cc1c(C)c2c(c(C)c1CC(=O)O)CC[C@@](C)(CCCC(C)C)O2. The molecule has 1 aromatic carbocycles. The van der Waals surface area contributed by atoms with Crippen LogP contribution in [0.25, 0.3) is 0 Å². The highest BCUT2D eigenvalue weighted by molar-refractivity contribution is 5.73. The molecule has 0 saturated heterocycles. The molecule has 0 aromatic heterocycles. The predicted octanol–water partition coefficient (Wildman–Crippen LogP) is 5.15. The zero-order valence-electron chi connectivity index (χ0n) is 16.1. The summed E-state index contributed by atoms with van der Waals surface area (Å²) >= 11 is 0. The molecule has 0 aliphatic carbocycles. The van der Waals surface area contributed by atoms with Gasteiger partial charge in [0.15, 0.2) is 0 Å². The summed E-state index contributed by atoms with van der Waals surface area (Å²) in [5, 5.41) is 9.20. The average Bonchev–Trinajstić information content (AvgIpc) is 2.48. The van der Waals surface area contributed by atoms with Crippen LogP contribution in [0.5, 0.6) is 5.75 Å². The standard InChI is InChI=1S/C21H32O3/c1-13(2)8-7-10-21(6)11-9-17-16(5)18(12-19(22)23)14(3)15(4)20(17)24-21/h13H,7-12H2,1-6H3,(H,22,23)/t21-/m1/s1. The van der Waals surface area contributed by atoms with Crippen molar-refractivity contribution in [3.63, 3.8) is 0 Å². The van der Waals surface area contributed by atoms with E-state index in [2.05, 4.69) is 27.7 Å². The van der Waals surface area contributed by atoms with Crippen molar-refractivity contribution in [3.8, 4) is 5.75 Å². The van der Waals surface area contributed by atoms with Gasteiger partial charge in [-0.25, -0.2) is 0 Å². The van der Waals surface area contributed by atoms with Gasteiger partial charge in [0.1, 0.15) is 11.4 Å². The first-order valence-electron chi connectivity index (χ1n) is 9.17. The molecule has 1 aliphatic rings. The fourth-order valence-electron chi connectivity index (χ4n) is 3.86. The molecule has 134 valence electrons. The topological polar surface area (TPSA) is 46.5 Å². The summed E-state index contributed by atoms with van der Waals surface area (Å²) in [5.41, 5.74) is 5.38. The van der Waals surface area contributed by atoms with Gasteiger partial charge in [0, 0.05) is 0 Å². The molecule has 0 saturated carbocycles. The summed E-state index contributed by atoms with van der Waals surface area (Å²) in [7, 11) is 0. The lowest BCUT2D eigenvalue weighted by Crippen LogP contribution is -2.37. The van der Waals surface area contributed by atoms with Crippen molar-refractivity contribution in [1.82, 2.24) is 0 Å². The van der Waals surface area contributed by atoms with E-state index in [-0.39, 0.29) is 12.0 Å². The fraction of sp³-hybridized carbons (Fsp3) is 0.667. The number of benzene rings is 1. The highest BCUT2D eigenvalue weighted by Crippen LogP contribution is 2.42. The highest BCUT2D eigenvalue weighted by Gasteiger charge is 2.34. The number of ether oxygens (including phenoxy) is 1. The van der Waals surface area contributed by atoms with Crippen LogP contribution in [0.2, 0.25) is 0 Å². The third-order valence-corrected chi connectivity index (χ3v) is 5.60. The van der Waals surface area contributed by atoms with Gasteiger partial charge in [0.2, 0.25) is 0 Å². The van der Waals surface area contributed by atoms with Crippen LogP contribution in [0.15, 0.2) is 0 Å². The number of carboxylic acids is 1. The molecule has 24 heavy (non-hydrogen) atoms. The average molecular weight is 332 g/mol. The molecular formula is C21H32O3. The van der Waals surface area contributed by atoms with Crippen molar-refractivity contribution in [2.75, 3.05) is 0 Å². The van der Waals surface area contributed by atoms with Crippen molar-refractivity contribution < 1.29 is 14.6 Å². The fourth-order valence-corrected chi connectivity index (χ4v) is 3.86. The maximum atomic E-state index is 11.2. The van der Waals surface area contributed by atoms with Gasteiger partial charge in [-0.15, -0.1) is 0 Å². The van der Waals surface area contributed by atoms with Crippen molar-refractivity contribution in [3.05, 3.63) is 27.8 Å². The molecule has 0 radical (unpaired) electrons. The zero-order valence-corrected chi connectivity index (χ0v) is 16.1. The van der Waals surface area contributed by atoms with Gasteiger partial charge in [-0.05, 0) is 87.1 Å². The maximum absolute atomic E-state index is 11.2. The summed E-state index contributed by atoms with van der Waals surface area (Å²) < 4.78 is 6.51. The molecule has 1 aromatic rings. The van der Waals surface area contributed by atoms with Crippen LogP contribution in [0.1, 0.15) is 74.3 Å². The number of aliphatic carboxylic acids is 1. The second-order valence-corrected chi connectivity index (χ2v) is 8.07. The van der Waals surface area contributed by atoms with E-state index in [0.717, 1.165) is 53.2 Å². The van der Waals surface area contributed by atoms with Gasteiger partial charge in [0.25, 0.3) is 0 Å². The Morgan fingerprint density at radius 2 is 1.88 bits per heavy atom. The second kappa shape index (κ2) is 7.16. The Morgan fingerprint density at radius 3 is 2.46 bits per heavy atom. The molecule has 0 unspecified atom stereocenters. The first-order chi connectivity index (χ1) is 11.1. The van der Waals surface area contributed by atoms with Gasteiger partial charge in [-0.3, -0.25) is 4.79 Å². The molecule has 0 amide bonds. The van der Waals surface area contributed by atoms with Crippen LogP contribution in [-0.2, 0) is 17.6 Å². The third-order valence-electron chi connectivity index (χ3n) is 5.60. The molecule has 3 nitrogen and oxygen atoms in total. The summed E-state index contributed by atoms with van der Waals surface area (Å²) in [6.07, 6.45) is 5.59. The molecule has 1 atom stereocenters. The van der Waals surface area contributed by atoms with Gasteiger partial charge < -0.3 is 9.84 Å². The Balaban J connectivity index is 2.30. The van der Waals surface area contributed by atoms with E-state index in [9.17, 15) is 9.90 Å². The largest absolute Gasteiger partial charge is 0.487 e. The van der Waals surface area contributed by atoms with Crippen molar-refractivity contribution in [1.29, 1.82) is 0 Å². The predicted molar refractivity (Wildman–Crippen MR) is 98.0 cm³/mol. The molecule has 1 aliphatic heterocycles. The molecule has 1 N–H and O–H groups in total. The van der Waals surface area contributed by atoms with E-state index in [1.165, 1.54) is 18.4 Å². The van der Waals surface area contributed by atoms with Crippen LogP contribution in [0.4, 0.5) is 0 Å². The van der Waals surface area contributed by atoms with Crippen LogP contribution >= 0.6 is 0 Å². The van der Waals surface area contributed by atoms with E-state index >= 15 is 0 Å². The number of carbonyl (C=O) groups is 1. The Bertz CT molecular complexity index is 631. The van der Waals surface area contributed by atoms with E-state index in [0.29, 0.717) is 0 Å². The van der Waals surface area contributed by atoms with Crippen molar-refractivity contribution >= 4 is 5.97 Å². The Hall–Kier alpha value is -1.51. The molecule has 0 bridgehead atoms. The summed E-state index contributed by atoms with van der Waals surface area (Å²) in [6, 6.07) is 0. The van der Waals surface area contributed by atoms with Crippen LogP contribution in [0, 0.1) is 26.7 Å². The summed E-state index contributed by atoms with van der Waals surface area (Å²) in [6.45, 7) is 12.9. The maximum Gasteiger partial charge on any atom is 0.307 e. The van der Waals surface area contributed by atoms with E-state index in [4.69, 9.17) is 4.74 Å². The third kappa shape index (κ3) is 3.93. The molecule has 1 heterocycles. The minimum atomic E-state index is -0.768. The monoisotopic (exact) mass is 332 g/mol. The lowest BCUT2D eigenvalue weighted by molar-refractivity contribution is -0.136. The Labute approximate surface area is 146 Å². The lowest BCUT2D eigenvalue weighted by atomic mass is 9.82. The number of hydrogen-bond acceptors (Lipinski definition) is 2. The van der Waals surface area contributed by atoms with Gasteiger partial charge in [-0.2, -0.15) is 0 Å². The highest BCUT2D eigenvalue weighted by atomic mass is 16.5. The zero-order chi connectivity index (χ0) is 18.1. The van der Waals surface area contributed by atoms with Gasteiger partial charge in [0.05, 0.1) is 6.42 Å². The molecular weight excluding hydrogens is 300 g/mol. The minimum Gasteiger partial charge on any atom is -0.487 e. The van der Waals surface area contributed by atoms with Crippen LogP contribution in [0.3, 0.4) is 0 Å². The van der Waals surface area contributed by atoms with Crippen molar-refractivity contribution in [2.45, 2.75) is 85.7 Å². The van der Waals surface area contributed by atoms with Crippen molar-refractivity contribution in [2.24, 2.45) is 5.92 Å². The molecule has 2 rings (SSSR count). The summed E-state index contributed by atoms with van der Waals surface area (Å²) in [5.74, 6) is 0.975. The van der Waals surface area contributed by atoms with Crippen LogP contribution in [-0.4, -0.2) is 16.7 Å². The van der Waals surface area contributed by atoms with E-state index in [1.807, 2.05) is 13.8 Å². The first kappa shape index (κ1) is 18.8. The summed E-state index contributed by atoms with van der Waals surface area (Å²) in [4.78, 5) is 11.2. The molecule has 0 fully saturated rings. The van der Waals surface area contributed by atoms with Gasteiger partial charge in [-0.1, -0.05) is 20.3 Å². The normalized spacial score (nSPS) is 20.0.